The van der Waals surface area contributed by atoms with Crippen molar-refractivity contribution in [1.29, 1.82) is 0 Å². The Hall–Kier alpha value is -3.30. The number of hydrogen-bond acceptors (Lipinski definition) is 2. The summed E-state index contributed by atoms with van der Waals surface area (Å²) in [7, 11) is 0. The van der Waals surface area contributed by atoms with Gasteiger partial charge in [0.1, 0.15) is 23.1 Å². The van der Waals surface area contributed by atoms with Crippen LogP contribution in [0, 0.1) is 17.0 Å². The van der Waals surface area contributed by atoms with Crippen molar-refractivity contribution in [3.05, 3.63) is 141 Å². The van der Waals surface area contributed by atoms with Gasteiger partial charge in [-0.25, -0.2) is 8.78 Å². The summed E-state index contributed by atoms with van der Waals surface area (Å²) >= 11 is 0. The van der Waals surface area contributed by atoms with E-state index < -0.39 is 17.0 Å². The molecular weight excluding hydrogens is 558 g/mol. The summed E-state index contributed by atoms with van der Waals surface area (Å²) in [6.45, 7) is 4.21. The second-order valence-electron chi connectivity index (χ2n) is 10.4. The molecule has 38 heavy (non-hydrogen) atoms. The van der Waals surface area contributed by atoms with Gasteiger partial charge in [-0.3, -0.25) is 0 Å². The van der Waals surface area contributed by atoms with Gasteiger partial charge in [-0.1, -0.05) is 74.5 Å². The van der Waals surface area contributed by atoms with Crippen LogP contribution in [-0.2, 0) is 26.2 Å². The van der Waals surface area contributed by atoms with E-state index in [9.17, 15) is 19.0 Å². The fourth-order valence-electron chi connectivity index (χ4n) is 6.08. The predicted molar refractivity (Wildman–Crippen MR) is 142 cm³/mol. The first kappa shape index (κ1) is 26.3. The van der Waals surface area contributed by atoms with Crippen LogP contribution in [0.3, 0.4) is 0 Å². The molecule has 0 bridgehead atoms. The molecule has 0 aromatic heterocycles. The van der Waals surface area contributed by atoms with Crippen LogP contribution in [0.4, 0.5) is 8.78 Å². The SMILES string of the molecule is CC(C)(C1=Cc2ccccc2C1c1cc(F)ccc1O)C1=Cc2ccccc2C1c1cc(F)ccc1O.[Zr]. The molecule has 0 fully saturated rings. The maximum Gasteiger partial charge on any atom is 0.123 e. The van der Waals surface area contributed by atoms with Gasteiger partial charge in [-0.2, -0.15) is 0 Å². The van der Waals surface area contributed by atoms with Crippen LogP contribution in [0.5, 0.6) is 11.5 Å². The fraction of sp³-hybridized carbons (Fsp3) is 0.152. The van der Waals surface area contributed by atoms with Crippen molar-refractivity contribution < 1.29 is 45.2 Å². The Labute approximate surface area is 240 Å². The second-order valence-corrected chi connectivity index (χ2v) is 10.4. The van der Waals surface area contributed by atoms with Gasteiger partial charge >= 0.3 is 0 Å². The van der Waals surface area contributed by atoms with Crippen LogP contribution in [-0.4, -0.2) is 10.2 Å². The first-order chi connectivity index (χ1) is 17.8. The van der Waals surface area contributed by atoms with Crippen molar-refractivity contribution in [2.24, 2.45) is 5.41 Å². The van der Waals surface area contributed by atoms with Gasteiger partial charge in [0.05, 0.1) is 0 Å². The number of fused-ring (bicyclic) bond motifs is 2. The molecule has 0 spiro atoms. The van der Waals surface area contributed by atoms with Crippen LogP contribution in [0.25, 0.3) is 12.2 Å². The van der Waals surface area contributed by atoms with E-state index >= 15 is 0 Å². The van der Waals surface area contributed by atoms with Gasteiger partial charge in [0.15, 0.2) is 0 Å². The van der Waals surface area contributed by atoms with Gasteiger partial charge < -0.3 is 10.2 Å². The number of hydrogen-bond donors (Lipinski definition) is 2. The minimum Gasteiger partial charge on any atom is -0.508 e. The number of halogens is 2. The third-order valence-electron chi connectivity index (χ3n) is 7.90. The molecule has 2 aliphatic rings. The van der Waals surface area contributed by atoms with Gasteiger partial charge in [-0.15, -0.1) is 0 Å². The van der Waals surface area contributed by atoms with Crippen molar-refractivity contribution in [3.8, 4) is 11.5 Å². The van der Waals surface area contributed by atoms with Crippen molar-refractivity contribution in [3.63, 3.8) is 0 Å². The van der Waals surface area contributed by atoms with E-state index in [1.54, 1.807) is 0 Å². The molecule has 0 radical (unpaired) electrons. The molecule has 2 unspecified atom stereocenters. The molecule has 4 aromatic rings. The molecule has 0 saturated heterocycles. The van der Waals surface area contributed by atoms with E-state index in [-0.39, 0.29) is 49.5 Å². The van der Waals surface area contributed by atoms with E-state index in [1.165, 1.54) is 36.4 Å². The van der Waals surface area contributed by atoms with Gasteiger partial charge in [-0.05, 0) is 69.8 Å². The summed E-state index contributed by atoms with van der Waals surface area (Å²) in [6, 6.07) is 24.0. The molecular formula is C33H26F2O2Zr. The van der Waals surface area contributed by atoms with Crippen LogP contribution in [0.1, 0.15) is 59.1 Å². The standard InChI is InChI=1S/C33H26F2O2.Zr/c1-33(2,27-15-19-7-3-5-9-23(19)31(27)25-17-21(34)11-13-29(25)36)28-16-20-8-4-6-10-24(20)32(28)26-18-22(35)12-14-30(26)37;/h3-18,31-32,36-37H,1-2H3;. The maximum atomic E-state index is 14.4. The van der Waals surface area contributed by atoms with E-state index in [2.05, 4.69) is 26.0 Å². The van der Waals surface area contributed by atoms with E-state index in [4.69, 9.17) is 0 Å². The molecule has 0 aliphatic heterocycles. The number of allylic oxidation sites excluding steroid dienone is 2. The van der Waals surface area contributed by atoms with Crippen LogP contribution < -0.4 is 0 Å². The molecule has 5 heteroatoms. The van der Waals surface area contributed by atoms with Crippen LogP contribution in [0.2, 0.25) is 0 Å². The zero-order valence-corrected chi connectivity index (χ0v) is 23.5. The van der Waals surface area contributed by atoms with Crippen LogP contribution >= 0.6 is 0 Å². The Morgan fingerprint density at radius 2 is 0.974 bits per heavy atom. The van der Waals surface area contributed by atoms with Crippen molar-refractivity contribution in [2.45, 2.75) is 25.7 Å². The third-order valence-corrected chi connectivity index (χ3v) is 7.90. The van der Waals surface area contributed by atoms with Crippen LogP contribution in [0.15, 0.2) is 96.1 Å². The summed E-state index contributed by atoms with van der Waals surface area (Å²) in [5, 5.41) is 21.7. The molecule has 0 heterocycles. The third kappa shape index (κ3) is 4.18. The summed E-state index contributed by atoms with van der Waals surface area (Å²) < 4.78 is 28.9. The van der Waals surface area contributed by atoms with Gasteiger partial charge in [0.2, 0.25) is 0 Å². The largest absolute Gasteiger partial charge is 0.508 e. The topological polar surface area (TPSA) is 40.5 Å². The number of phenols is 2. The molecule has 188 valence electrons. The monoisotopic (exact) mass is 582 g/mol. The van der Waals surface area contributed by atoms with E-state index in [1.807, 2.05) is 48.5 Å². The van der Waals surface area contributed by atoms with E-state index in [0.29, 0.717) is 11.1 Å². The zero-order chi connectivity index (χ0) is 25.9. The number of aromatic hydroxyl groups is 2. The van der Waals surface area contributed by atoms with Gasteiger partial charge in [0.25, 0.3) is 0 Å². The van der Waals surface area contributed by atoms with Crippen molar-refractivity contribution in [2.75, 3.05) is 0 Å². The minimum absolute atomic E-state index is 0. The summed E-state index contributed by atoms with van der Waals surface area (Å²) in [4.78, 5) is 0. The number of phenolic OH excluding ortho intramolecular Hbond substituents is 2. The molecule has 0 amide bonds. The van der Waals surface area contributed by atoms with Crippen molar-refractivity contribution >= 4 is 12.2 Å². The fourth-order valence-corrected chi connectivity index (χ4v) is 6.08. The Morgan fingerprint density at radius 1 is 0.579 bits per heavy atom. The molecule has 2 atom stereocenters. The number of rotatable bonds is 4. The number of benzene rings is 4. The van der Waals surface area contributed by atoms with Crippen molar-refractivity contribution in [1.82, 2.24) is 0 Å². The summed E-state index contributed by atoms with van der Waals surface area (Å²) in [6.07, 6.45) is 4.24. The first-order valence-electron chi connectivity index (χ1n) is 12.3. The summed E-state index contributed by atoms with van der Waals surface area (Å²) in [5.74, 6) is -1.49. The first-order valence-corrected chi connectivity index (χ1v) is 12.3. The Kier molecular flexibility index (Phi) is 6.77. The van der Waals surface area contributed by atoms with E-state index in [0.717, 1.165) is 33.4 Å². The normalized spacial score (nSPS) is 17.8. The molecule has 2 nitrogen and oxygen atoms in total. The molecule has 4 aromatic carbocycles. The quantitative estimate of drug-likeness (QED) is 0.255. The summed E-state index contributed by atoms with van der Waals surface area (Å²) in [5.41, 5.74) is 6.41. The molecule has 0 saturated carbocycles. The molecule has 2 aliphatic carbocycles. The Bertz CT molecular complexity index is 1500. The smallest absolute Gasteiger partial charge is 0.123 e. The Balaban J connectivity index is 0.00000294. The second kappa shape index (κ2) is 9.78. The zero-order valence-electron chi connectivity index (χ0n) is 21.0. The average molecular weight is 584 g/mol. The molecule has 2 N–H and O–H groups in total. The maximum absolute atomic E-state index is 14.4. The Morgan fingerprint density at radius 3 is 1.39 bits per heavy atom. The predicted octanol–water partition coefficient (Wildman–Crippen LogP) is 8.16. The minimum atomic E-state index is -0.606. The van der Waals surface area contributed by atoms with Gasteiger partial charge in [0, 0.05) is 54.6 Å². The molecule has 6 rings (SSSR count). The average Bonchev–Trinajstić information content (AvgIpc) is 3.47.